The number of hydrogen-bond acceptors (Lipinski definition) is 3. The first kappa shape index (κ1) is 10.3. The van der Waals surface area contributed by atoms with Gasteiger partial charge in [-0.15, -0.1) is 0 Å². The Morgan fingerprint density at radius 1 is 1.27 bits per heavy atom. The quantitative estimate of drug-likeness (QED) is 0.705. The van der Waals surface area contributed by atoms with Crippen molar-refractivity contribution >= 4 is 6.21 Å². The second-order valence-corrected chi connectivity index (χ2v) is 3.88. The zero-order valence-electron chi connectivity index (χ0n) is 9.77. The fraction of sp³-hybridized carbons (Fsp3) is 0.583. The molecule has 3 heteroatoms. The van der Waals surface area contributed by atoms with Crippen molar-refractivity contribution in [1.82, 2.24) is 9.91 Å². The van der Waals surface area contributed by atoms with E-state index < -0.39 is 0 Å². The third-order valence-electron chi connectivity index (χ3n) is 3.10. The Hall–Kier alpha value is -1.25. The second kappa shape index (κ2) is 4.09. The van der Waals surface area contributed by atoms with Crippen molar-refractivity contribution in [3.8, 4) is 0 Å². The van der Waals surface area contributed by atoms with Gasteiger partial charge in [0.1, 0.15) is 6.17 Å². The SMILES string of the molecule is CCC1=CC=NN2C(CC)=CN(CC)C12. The summed E-state index contributed by atoms with van der Waals surface area (Å²) in [5.74, 6) is 0. The molecule has 1 atom stereocenters. The summed E-state index contributed by atoms with van der Waals surface area (Å²) < 4.78 is 0. The Bertz CT molecular complexity index is 328. The lowest BCUT2D eigenvalue weighted by Crippen LogP contribution is -2.40. The summed E-state index contributed by atoms with van der Waals surface area (Å²) in [6.07, 6.45) is 8.79. The molecule has 0 fully saturated rings. The lowest BCUT2D eigenvalue weighted by Gasteiger charge is -2.33. The summed E-state index contributed by atoms with van der Waals surface area (Å²) in [5, 5.41) is 6.62. The van der Waals surface area contributed by atoms with Gasteiger partial charge in [0.05, 0.1) is 5.70 Å². The van der Waals surface area contributed by atoms with Crippen LogP contribution in [0.25, 0.3) is 0 Å². The van der Waals surface area contributed by atoms with Crippen LogP contribution < -0.4 is 0 Å². The van der Waals surface area contributed by atoms with E-state index in [1.54, 1.807) is 0 Å². The smallest absolute Gasteiger partial charge is 0.145 e. The lowest BCUT2D eigenvalue weighted by atomic mass is 10.1. The van der Waals surface area contributed by atoms with E-state index in [-0.39, 0.29) is 0 Å². The Morgan fingerprint density at radius 3 is 2.67 bits per heavy atom. The van der Waals surface area contributed by atoms with Crippen LogP contribution in [-0.4, -0.2) is 28.8 Å². The fourth-order valence-corrected chi connectivity index (χ4v) is 2.23. The first-order chi connectivity index (χ1) is 7.31. The van der Waals surface area contributed by atoms with E-state index in [1.165, 1.54) is 11.3 Å². The molecule has 2 aliphatic heterocycles. The van der Waals surface area contributed by atoms with Gasteiger partial charge in [-0.1, -0.05) is 13.8 Å². The van der Waals surface area contributed by atoms with Gasteiger partial charge >= 0.3 is 0 Å². The second-order valence-electron chi connectivity index (χ2n) is 3.88. The molecule has 2 aliphatic rings. The van der Waals surface area contributed by atoms with Gasteiger partial charge in [0.25, 0.3) is 0 Å². The van der Waals surface area contributed by atoms with Gasteiger partial charge < -0.3 is 4.90 Å². The topological polar surface area (TPSA) is 18.8 Å². The minimum absolute atomic E-state index is 0.347. The Labute approximate surface area is 91.7 Å². The summed E-state index contributed by atoms with van der Waals surface area (Å²) in [5.41, 5.74) is 2.77. The molecule has 0 saturated heterocycles. The third-order valence-corrected chi connectivity index (χ3v) is 3.10. The number of likely N-dealkylation sites (N-methyl/N-ethyl adjacent to an activating group) is 1. The molecule has 0 bridgehead atoms. The highest BCUT2D eigenvalue weighted by atomic mass is 15.6. The Balaban J connectivity index is 2.29. The largest absolute Gasteiger partial charge is 0.351 e. The van der Waals surface area contributed by atoms with Gasteiger partial charge in [-0.2, -0.15) is 5.10 Å². The van der Waals surface area contributed by atoms with E-state index in [9.17, 15) is 0 Å². The predicted octanol–water partition coefficient (Wildman–Crippen LogP) is 2.54. The van der Waals surface area contributed by atoms with Gasteiger partial charge in [-0.25, -0.2) is 5.01 Å². The number of rotatable bonds is 3. The molecule has 1 unspecified atom stereocenters. The average molecular weight is 205 g/mol. The van der Waals surface area contributed by atoms with Gasteiger partial charge in [0.2, 0.25) is 0 Å². The molecular formula is C12H19N3. The van der Waals surface area contributed by atoms with E-state index in [0.717, 1.165) is 19.4 Å². The lowest BCUT2D eigenvalue weighted by molar-refractivity contribution is 0.180. The molecule has 0 aromatic heterocycles. The van der Waals surface area contributed by atoms with E-state index in [1.807, 2.05) is 6.21 Å². The molecule has 2 rings (SSSR count). The average Bonchev–Trinajstić information content (AvgIpc) is 2.66. The van der Waals surface area contributed by atoms with Crippen LogP contribution in [0.3, 0.4) is 0 Å². The minimum Gasteiger partial charge on any atom is -0.351 e. The van der Waals surface area contributed by atoms with E-state index >= 15 is 0 Å². The molecule has 0 radical (unpaired) electrons. The van der Waals surface area contributed by atoms with Gasteiger partial charge in [0.15, 0.2) is 0 Å². The number of fused-ring (bicyclic) bond motifs is 1. The highest BCUT2D eigenvalue weighted by molar-refractivity contribution is 5.73. The molecule has 82 valence electrons. The van der Waals surface area contributed by atoms with Crippen molar-refractivity contribution in [2.45, 2.75) is 39.8 Å². The van der Waals surface area contributed by atoms with Crippen molar-refractivity contribution < 1.29 is 0 Å². The third kappa shape index (κ3) is 1.56. The van der Waals surface area contributed by atoms with Crippen molar-refractivity contribution in [1.29, 1.82) is 0 Å². The molecule has 0 amide bonds. The van der Waals surface area contributed by atoms with Gasteiger partial charge in [-0.3, -0.25) is 0 Å². The van der Waals surface area contributed by atoms with E-state index in [0.29, 0.717) is 6.17 Å². The Morgan fingerprint density at radius 2 is 2.07 bits per heavy atom. The molecule has 0 N–H and O–H groups in total. The van der Waals surface area contributed by atoms with E-state index in [4.69, 9.17) is 0 Å². The van der Waals surface area contributed by atoms with Crippen LogP contribution in [0.4, 0.5) is 0 Å². The number of hydrazone groups is 1. The van der Waals surface area contributed by atoms with Crippen molar-refractivity contribution in [3.05, 3.63) is 23.5 Å². The van der Waals surface area contributed by atoms with Gasteiger partial charge in [0, 0.05) is 19.0 Å². The summed E-state index contributed by atoms with van der Waals surface area (Å²) in [6, 6.07) is 0. The Kier molecular flexibility index (Phi) is 2.80. The highest BCUT2D eigenvalue weighted by Crippen LogP contribution is 2.32. The molecule has 0 aromatic carbocycles. The molecule has 15 heavy (non-hydrogen) atoms. The molecule has 3 nitrogen and oxygen atoms in total. The van der Waals surface area contributed by atoms with E-state index in [2.05, 4.69) is 48.1 Å². The van der Waals surface area contributed by atoms with Crippen LogP contribution in [0.5, 0.6) is 0 Å². The van der Waals surface area contributed by atoms with Crippen LogP contribution in [0, 0.1) is 0 Å². The van der Waals surface area contributed by atoms with Crippen LogP contribution in [0.2, 0.25) is 0 Å². The molecule has 0 aromatic rings. The highest BCUT2D eigenvalue weighted by Gasteiger charge is 2.33. The maximum absolute atomic E-state index is 4.46. The van der Waals surface area contributed by atoms with Crippen molar-refractivity contribution in [2.24, 2.45) is 5.10 Å². The first-order valence-electron chi connectivity index (χ1n) is 5.80. The van der Waals surface area contributed by atoms with Crippen molar-refractivity contribution in [2.75, 3.05) is 6.54 Å². The van der Waals surface area contributed by atoms with Crippen LogP contribution in [0.1, 0.15) is 33.6 Å². The number of allylic oxidation sites excluding steroid dienone is 2. The van der Waals surface area contributed by atoms with Crippen molar-refractivity contribution in [3.63, 3.8) is 0 Å². The maximum atomic E-state index is 4.46. The molecule has 0 saturated carbocycles. The molecule has 2 heterocycles. The van der Waals surface area contributed by atoms with Crippen LogP contribution >= 0.6 is 0 Å². The molecule has 0 spiro atoms. The zero-order valence-corrected chi connectivity index (χ0v) is 9.77. The van der Waals surface area contributed by atoms with Crippen LogP contribution in [-0.2, 0) is 0 Å². The van der Waals surface area contributed by atoms with Crippen LogP contribution in [0.15, 0.2) is 28.6 Å². The summed E-state index contributed by atoms with van der Waals surface area (Å²) in [6.45, 7) is 7.62. The summed E-state index contributed by atoms with van der Waals surface area (Å²) >= 11 is 0. The predicted molar refractivity (Wildman–Crippen MR) is 63.2 cm³/mol. The standard InChI is InChI=1S/C12H19N3/c1-4-10-7-8-13-15-11(5-2)9-14(6-3)12(10)15/h7-9,12H,4-6H2,1-3H3. The zero-order chi connectivity index (χ0) is 10.8. The van der Waals surface area contributed by atoms with Gasteiger partial charge in [-0.05, 0) is 31.4 Å². The maximum Gasteiger partial charge on any atom is 0.145 e. The number of hydrogen-bond donors (Lipinski definition) is 0. The summed E-state index contributed by atoms with van der Waals surface area (Å²) in [7, 11) is 0. The monoisotopic (exact) mass is 205 g/mol. The fourth-order valence-electron chi connectivity index (χ4n) is 2.23. The number of nitrogens with zero attached hydrogens (tertiary/aromatic N) is 3. The molecular weight excluding hydrogens is 186 g/mol. The minimum atomic E-state index is 0.347. The molecule has 0 aliphatic carbocycles. The first-order valence-corrected chi connectivity index (χ1v) is 5.80. The summed E-state index contributed by atoms with van der Waals surface area (Å²) in [4.78, 5) is 2.37. The normalized spacial score (nSPS) is 24.1.